The predicted molar refractivity (Wildman–Crippen MR) is 104 cm³/mol. The van der Waals surface area contributed by atoms with E-state index < -0.39 is 17.6 Å². The second kappa shape index (κ2) is 7.71. The van der Waals surface area contributed by atoms with Gasteiger partial charge < -0.3 is 10.0 Å². The molecule has 1 N–H and O–H groups in total. The Balaban J connectivity index is 2.02. The van der Waals surface area contributed by atoms with Gasteiger partial charge in [0.2, 0.25) is 0 Å². The average molecular weight is 414 g/mol. The van der Waals surface area contributed by atoms with Gasteiger partial charge in [-0.1, -0.05) is 13.8 Å². The molecule has 7 nitrogen and oxygen atoms in total. The summed E-state index contributed by atoms with van der Waals surface area (Å²) in [6.07, 6.45) is -2.95. The van der Waals surface area contributed by atoms with Crippen LogP contribution in [0.4, 0.5) is 19.0 Å². The zero-order valence-electron chi connectivity index (χ0n) is 17.5. The second-order valence-corrected chi connectivity index (χ2v) is 8.42. The Hall–Kier alpha value is -1.94. The number of hydrogen-bond donors (Lipinski definition) is 1. The molecule has 1 fully saturated rings. The van der Waals surface area contributed by atoms with Crippen LogP contribution in [0.25, 0.3) is 5.78 Å². The van der Waals surface area contributed by atoms with Gasteiger partial charge in [-0.2, -0.15) is 22.7 Å². The standard InChI is InChI=1S/C19H29F3N6O/c1-6-13-10-27(14(7-2)9-26(13)11-18(4,5)29)15-8-12(3)23-17-24-16(19(20,21)22)25-28(15)17/h8,13-14,29H,6-7,9-11H2,1-5H3/t13-,14+/m1/s1. The zero-order valence-corrected chi connectivity index (χ0v) is 17.5. The normalized spacial score (nSPS) is 21.9. The Morgan fingerprint density at radius 2 is 1.76 bits per heavy atom. The number of β-amino-alcohol motifs (C(OH)–C–C–N with tert-alkyl or cyclic N) is 1. The maximum absolute atomic E-state index is 13.2. The smallest absolute Gasteiger partial charge is 0.389 e. The fraction of sp³-hybridized carbons (Fsp3) is 0.737. The van der Waals surface area contributed by atoms with Crippen molar-refractivity contribution >= 4 is 11.6 Å². The van der Waals surface area contributed by atoms with E-state index in [1.807, 2.05) is 0 Å². The largest absolute Gasteiger partial charge is 0.453 e. The summed E-state index contributed by atoms with van der Waals surface area (Å²) in [7, 11) is 0. The first-order valence-corrected chi connectivity index (χ1v) is 9.97. The van der Waals surface area contributed by atoms with E-state index in [0.717, 1.165) is 12.8 Å². The van der Waals surface area contributed by atoms with E-state index in [2.05, 4.69) is 38.7 Å². The van der Waals surface area contributed by atoms with Crippen molar-refractivity contribution in [3.8, 4) is 0 Å². The molecule has 0 saturated carbocycles. The minimum Gasteiger partial charge on any atom is -0.389 e. The molecular formula is C19H29F3N6O. The van der Waals surface area contributed by atoms with Crippen LogP contribution in [0, 0.1) is 6.92 Å². The van der Waals surface area contributed by atoms with Crippen LogP contribution in [0.15, 0.2) is 6.07 Å². The van der Waals surface area contributed by atoms with Crippen LogP contribution in [-0.4, -0.2) is 66.9 Å². The number of aromatic nitrogens is 4. The molecule has 0 radical (unpaired) electrons. The van der Waals surface area contributed by atoms with Crippen molar-refractivity contribution in [2.75, 3.05) is 24.5 Å². The number of anilines is 1. The Kier molecular flexibility index (Phi) is 5.79. The summed E-state index contributed by atoms with van der Waals surface area (Å²) in [6, 6.07) is 2.00. The third kappa shape index (κ3) is 4.63. The summed E-state index contributed by atoms with van der Waals surface area (Å²) in [4.78, 5) is 12.1. The molecule has 0 aromatic carbocycles. The lowest BCUT2D eigenvalue weighted by molar-refractivity contribution is -0.144. The first-order valence-electron chi connectivity index (χ1n) is 9.97. The van der Waals surface area contributed by atoms with Gasteiger partial charge in [-0.05, 0) is 33.6 Å². The zero-order chi connectivity index (χ0) is 21.6. The molecule has 2 atom stereocenters. The molecule has 1 saturated heterocycles. The lowest BCUT2D eigenvalue weighted by atomic mass is 9.99. The average Bonchev–Trinajstić information content (AvgIpc) is 3.03. The Morgan fingerprint density at radius 3 is 2.31 bits per heavy atom. The lowest BCUT2D eigenvalue weighted by Crippen LogP contribution is -2.60. The molecule has 2 aromatic heterocycles. The van der Waals surface area contributed by atoms with Gasteiger partial charge in [0.05, 0.1) is 5.60 Å². The van der Waals surface area contributed by atoms with Gasteiger partial charge >= 0.3 is 6.18 Å². The quantitative estimate of drug-likeness (QED) is 0.811. The van der Waals surface area contributed by atoms with Crippen LogP contribution >= 0.6 is 0 Å². The van der Waals surface area contributed by atoms with Crippen molar-refractivity contribution in [2.45, 2.75) is 71.3 Å². The highest BCUT2D eigenvalue weighted by molar-refractivity contribution is 5.49. The Bertz CT molecular complexity index is 860. The summed E-state index contributed by atoms with van der Waals surface area (Å²) < 4.78 is 40.7. The minimum atomic E-state index is -4.62. The molecule has 10 heteroatoms. The summed E-state index contributed by atoms with van der Waals surface area (Å²) >= 11 is 0. The van der Waals surface area contributed by atoms with E-state index in [1.54, 1.807) is 26.8 Å². The van der Waals surface area contributed by atoms with Crippen molar-refractivity contribution in [1.29, 1.82) is 0 Å². The van der Waals surface area contributed by atoms with E-state index in [0.29, 0.717) is 31.1 Å². The number of nitrogens with zero attached hydrogens (tertiary/aromatic N) is 6. The first kappa shape index (κ1) is 21.8. The van der Waals surface area contributed by atoms with E-state index in [-0.39, 0.29) is 17.9 Å². The van der Waals surface area contributed by atoms with Crippen LogP contribution < -0.4 is 4.90 Å². The number of alkyl halides is 3. The highest BCUT2D eigenvalue weighted by Gasteiger charge is 2.39. The highest BCUT2D eigenvalue weighted by Crippen LogP contribution is 2.30. The molecule has 0 unspecified atom stereocenters. The monoisotopic (exact) mass is 414 g/mol. The third-order valence-electron chi connectivity index (χ3n) is 5.31. The van der Waals surface area contributed by atoms with E-state index in [1.165, 1.54) is 4.52 Å². The fourth-order valence-corrected chi connectivity index (χ4v) is 4.01. The Labute approximate surface area is 168 Å². The molecule has 1 aliphatic heterocycles. The van der Waals surface area contributed by atoms with Crippen LogP contribution in [0.1, 0.15) is 52.1 Å². The van der Waals surface area contributed by atoms with Crippen molar-refractivity contribution in [2.24, 2.45) is 0 Å². The van der Waals surface area contributed by atoms with Gasteiger partial charge in [0.1, 0.15) is 5.82 Å². The fourth-order valence-electron chi connectivity index (χ4n) is 4.01. The Morgan fingerprint density at radius 1 is 1.10 bits per heavy atom. The van der Waals surface area contributed by atoms with E-state index >= 15 is 0 Å². The topological polar surface area (TPSA) is 69.8 Å². The maximum atomic E-state index is 13.2. The lowest BCUT2D eigenvalue weighted by Gasteiger charge is -2.48. The summed E-state index contributed by atoms with van der Waals surface area (Å²) in [5.74, 6) is -0.657. The number of fused-ring (bicyclic) bond motifs is 1. The van der Waals surface area contributed by atoms with Gasteiger partial charge in [0, 0.05) is 43.5 Å². The molecule has 2 aromatic rings. The number of rotatable bonds is 5. The van der Waals surface area contributed by atoms with Gasteiger partial charge in [0.25, 0.3) is 11.6 Å². The van der Waals surface area contributed by atoms with Gasteiger partial charge in [-0.15, -0.1) is 5.10 Å². The molecule has 1 aliphatic rings. The third-order valence-corrected chi connectivity index (χ3v) is 5.31. The van der Waals surface area contributed by atoms with E-state index in [9.17, 15) is 18.3 Å². The van der Waals surface area contributed by atoms with Crippen LogP contribution in [0.2, 0.25) is 0 Å². The van der Waals surface area contributed by atoms with Crippen molar-refractivity contribution in [3.63, 3.8) is 0 Å². The number of piperazine rings is 1. The minimum absolute atomic E-state index is 0.0471. The summed E-state index contributed by atoms with van der Waals surface area (Å²) in [5, 5.41) is 14.0. The number of aryl methyl sites for hydroxylation is 1. The van der Waals surface area contributed by atoms with Crippen LogP contribution in [-0.2, 0) is 6.18 Å². The summed E-state index contributed by atoms with van der Waals surface area (Å²) in [5.41, 5.74) is -0.225. The SMILES string of the molecule is CC[C@@H]1CN(c2cc(C)nc3nc(C(F)(F)F)nn23)[C@@H](CC)CN1CC(C)(C)O. The molecule has 3 rings (SSSR count). The second-order valence-electron chi connectivity index (χ2n) is 8.42. The number of halogens is 3. The van der Waals surface area contributed by atoms with E-state index in [4.69, 9.17) is 0 Å². The first-order chi connectivity index (χ1) is 13.4. The van der Waals surface area contributed by atoms with Crippen LogP contribution in [0.3, 0.4) is 0 Å². The molecule has 162 valence electrons. The van der Waals surface area contributed by atoms with Gasteiger partial charge in [-0.3, -0.25) is 4.90 Å². The molecule has 3 heterocycles. The molecule has 0 spiro atoms. The highest BCUT2D eigenvalue weighted by atomic mass is 19.4. The van der Waals surface area contributed by atoms with Crippen LogP contribution in [0.5, 0.6) is 0 Å². The predicted octanol–water partition coefficient (Wildman–Crippen LogP) is 2.90. The van der Waals surface area contributed by atoms with Crippen molar-refractivity contribution < 1.29 is 18.3 Å². The molecule has 0 amide bonds. The number of aliphatic hydroxyl groups is 1. The van der Waals surface area contributed by atoms with Crippen molar-refractivity contribution in [3.05, 3.63) is 17.6 Å². The molecule has 0 aliphatic carbocycles. The number of hydrogen-bond acceptors (Lipinski definition) is 6. The van der Waals surface area contributed by atoms with Gasteiger partial charge in [-0.25, -0.2) is 4.98 Å². The van der Waals surface area contributed by atoms with Crippen molar-refractivity contribution in [1.82, 2.24) is 24.5 Å². The maximum Gasteiger partial charge on any atom is 0.453 e. The summed E-state index contributed by atoms with van der Waals surface area (Å²) in [6.45, 7) is 11.3. The molecule has 0 bridgehead atoms. The molecule has 29 heavy (non-hydrogen) atoms. The molecular weight excluding hydrogens is 385 g/mol. The van der Waals surface area contributed by atoms with Gasteiger partial charge in [0.15, 0.2) is 0 Å².